The maximum absolute atomic E-state index is 6.32. The van der Waals surface area contributed by atoms with Gasteiger partial charge in [-0.2, -0.15) is 0 Å². The Bertz CT molecular complexity index is 374. The SMILES string of the molecule is C[C@@H](N)c1ccc(N2CCCOCC2)c(Cl)c1. The molecule has 3 nitrogen and oxygen atoms in total. The summed E-state index contributed by atoms with van der Waals surface area (Å²) in [6.07, 6.45) is 1.05. The van der Waals surface area contributed by atoms with E-state index in [2.05, 4.69) is 17.0 Å². The zero-order chi connectivity index (χ0) is 12.3. The van der Waals surface area contributed by atoms with Crippen LogP contribution >= 0.6 is 11.6 Å². The number of benzene rings is 1. The van der Waals surface area contributed by atoms with Gasteiger partial charge in [-0.1, -0.05) is 17.7 Å². The molecule has 1 heterocycles. The molecule has 94 valence electrons. The Balaban J connectivity index is 2.19. The van der Waals surface area contributed by atoms with Crippen LogP contribution in [0.5, 0.6) is 0 Å². The second-order valence-electron chi connectivity index (χ2n) is 4.45. The molecule has 0 unspecified atom stereocenters. The van der Waals surface area contributed by atoms with E-state index in [0.717, 1.165) is 49.0 Å². The summed E-state index contributed by atoms with van der Waals surface area (Å²) in [6.45, 7) is 5.47. The molecule has 1 aromatic carbocycles. The predicted molar refractivity (Wildman–Crippen MR) is 71.7 cm³/mol. The predicted octanol–water partition coefficient (Wildman–Crippen LogP) is 2.59. The molecule has 0 bridgehead atoms. The molecule has 1 saturated heterocycles. The standard InChI is InChI=1S/C13H19ClN2O/c1-10(15)11-3-4-13(12(14)9-11)16-5-2-7-17-8-6-16/h3-4,9-10H,2,5-8,15H2,1H3/t10-/m1/s1. The molecule has 1 aromatic rings. The van der Waals surface area contributed by atoms with Gasteiger partial charge in [-0.15, -0.1) is 0 Å². The fraction of sp³-hybridized carbons (Fsp3) is 0.538. The molecule has 1 aliphatic heterocycles. The van der Waals surface area contributed by atoms with Crippen LogP contribution in [-0.4, -0.2) is 26.3 Å². The third-order valence-corrected chi connectivity index (χ3v) is 3.36. The fourth-order valence-electron chi connectivity index (χ4n) is 2.05. The summed E-state index contributed by atoms with van der Waals surface area (Å²) >= 11 is 6.32. The number of rotatable bonds is 2. The first-order chi connectivity index (χ1) is 8.18. The molecule has 1 aliphatic rings. The second kappa shape index (κ2) is 5.71. The first-order valence-corrected chi connectivity index (χ1v) is 6.44. The normalized spacial score (nSPS) is 18.9. The van der Waals surface area contributed by atoms with Crippen LogP contribution < -0.4 is 10.6 Å². The van der Waals surface area contributed by atoms with Crippen molar-refractivity contribution in [2.24, 2.45) is 5.73 Å². The minimum absolute atomic E-state index is 0.0222. The van der Waals surface area contributed by atoms with E-state index in [0.29, 0.717) is 0 Å². The molecule has 0 aromatic heterocycles. The Hall–Kier alpha value is -0.770. The van der Waals surface area contributed by atoms with Crippen molar-refractivity contribution in [2.75, 3.05) is 31.2 Å². The Morgan fingerprint density at radius 1 is 1.35 bits per heavy atom. The molecular formula is C13H19ClN2O. The summed E-state index contributed by atoms with van der Waals surface area (Å²) < 4.78 is 5.44. The van der Waals surface area contributed by atoms with E-state index in [9.17, 15) is 0 Å². The van der Waals surface area contributed by atoms with Gasteiger partial charge < -0.3 is 15.4 Å². The van der Waals surface area contributed by atoms with Gasteiger partial charge in [0.2, 0.25) is 0 Å². The molecule has 4 heteroatoms. The van der Waals surface area contributed by atoms with Crippen molar-refractivity contribution in [2.45, 2.75) is 19.4 Å². The zero-order valence-corrected chi connectivity index (χ0v) is 10.9. The van der Waals surface area contributed by atoms with Gasteiger partial charge in [-0.3, -0.25) is 0 Å². The molecular weight excluding hydrogens is 236 g/mol. The molecule has 2 rings (SSSR count). The highest BCUT2D eigenvalue weighted by Gasteiger charge is 2.13. The van der Waals surface area contributed by atoms with Crippen LogP contribution in [0.4, 0.5) is 5.69 Å². The molecule has 0 aliphatic carbocycles. The monoisotopic (exact) mass is 254 g/mol. The molecule has 0 spiro atoms. The maximum atomic E-state index is 6.32. The molecule has 2 N–H and O–H groups in total. The van der Waals surface area contributed by atoms with Crippen molar-refractivity contribution in [3.8, 4) is 0 Å². The lowest BCUT2D eigenvalue weighted by Crippen LogP contribution is -2.26. The lowest BCUT2D eigenvalue weighted by molar-refractivity contribution is 0.152. The number of nitrogens with two attached hydrogens (primary N) is 1. The van der Waals surface area contributed by atoms with E-state index >= 15 is 0 Å². The highest BCUT2D eigenvalue weighted by Crippen LogP contribution is 2.29. The summed E-state index contributed by atoms with van der Waals surface area (Å²) in [5.74, 6) is 0. The summed E-state index contributed by atoms with van der Waals surface area (Å²) in [6, 6.07) is 6.10. The van der Waals surface area contributed by atoms with Gasteiger partial charge in [0.25, 0.3) is 0 Å². The van der Waals surface area contributed by atoms with Crippen LogP contribution in [0, 0.1) is 0 Å². The largest absolute Gasteiger partial charge is 0.380 e. The minimum Gasteiger partial charge on any atom is -0.380 e. The highest BCUT2D eigenvalue weighted by atomic mass is 35.5. The van der Waals surface area contributed by atoms with Gasteiger partial charge in [0.15, 0.2) is 0 Å². The Morgan fingerprint density at radius 3 is 2.88 bits per heavy atom. The topological polar surface area (TPSA) is 38.5 Å². The van der Waals surface area contributed by atoms with Crippen molar-refractivity contribution in [1.29, 1.82) is 0 Å². The van der Waals surface area contributed by atoms with Crippen LogP contribution in [0.1, 0.15) is 24.9 Å². The number of ether oxygens (including phenoxy) is 1. The van der Waals surface area contributed by atoms with E-state index in [-0.39, 0.29) is 6.04 Å². The third-order valence-electron chi connectivity index (χ3n) is 3.06. The summed E-state index contributed by atoms with van der Waals surface area (Å²) in [5.41, 5.74) is 8.00. The van der Waals surface area contributed by atoms with Crippen LogP contribution in [0.15, 0.2) is 18.2 Å². The van der Waals surface area contributed by atoms with Gasteiger partial charge in [0.05, 0.1) is 17.3 Å². The number of hydrogen-bond acceptors (Lipinski definition) is 3. The van der Waals surface area contributed by atoms with E-state index in [1.54, 1.807) is 0 Å². The molecule has 0 amide bonds. The number of halogens is 1. The number of hydrogen-bond donors (Lipinski definition) is 1. The first kappa shape index (κ1) is 12.7. The molecule has 0 saturated carbocycles. The average Bonchev–Trinajstić information content (AvgIpc) is 2.57. The van der Waals surface area contributed by atoms with E-state index in [1.807, 2.05) is 13.0 Å². The second-order valence-corrected chi connectivity index (χ2v) is 4.86. The van der Waals surface area contributed by atoms with E-state index in [1.165, 1.54) is 0 Å². The van der Waals surface area contributed by atoms with Crippen LogP contribution in [-0.2, 0) is 4.74 Å². The Labute approximate surface area is 107 Å². The smallest absolute Gasteiger partial charge is 0.0642 e. The fourth-order valence-corrected chi connectivity index (χ4v) is 2.36. The maximum Gasteiger partial charge on any atom is 0.0642 e. The summed E-state index contributed by atoms with van der Waals surface area (Å²) in [7, 11) is 0. The quantitative estimate of drug-likeness (QED) is 0.882. The highest BCUT2D eigenvalue weighted by molar-refractivity contribution is 6.33. The average molecular weight is 255 g/mol. The summed E-state index contributed by atoms with van der Waals surface area (Å²) in [4.78, 5) is 2.28. The van der Waals surface area contributed by atoms with E-state index < -0.39 is 0 Å². The lowest BCUT2D eigenvalue weighted by Gasteiger charge is -2.23. The Kier molecular flexibility index (Phi) is 4.26. The van der Waals surface area contributed by atoms with Crippen LogP contribution in [0.2, 0.25) is 5.02 Å². The van der Waals surface area contributed by atoms with Gasteiger partial charge in [-0.05, 0) is 31.0 Å². The molecule has 1 atom stereocenters. The molecule has 1 fully saturated rings. The van der Waals surface area contributed by atoms with Gasteiger partial charge in [-0.25, -0.2) is 0 Å². The van der Waals surface area contributed by atoms with Crippen molar-refractivity contribution in [1.82, 2.24) is 0 Å². The minimum atomic E-state index is 0.0222. The zero-order valence-electron chi connectivity index (χ0n) is 10.2. The van der Waals surface area contributed by atoms with E-state index in [4.69, 9.17) is 22.1 Å². The third kappa shape index (κ3) is 3.12. The van der Waals surface area contributed by atoms with Gasteiger partial charge >= 0.3 is 0 Å². The van der Waals surface area contributed by atoms with Crippen LogP contribution in [0.3, 0.4) is 0 Å². The van der Waals surface area contributed by atoms with Crippen molar-refractivity contribution in [3.05, 3.63) is 28.8 Å². The van der Waals surface area contributed by atoms with Gasteiger partial charge in [0.1, 0.15) is 0 Å². The first-order valence-electron chi connectivity index (χ1n) is 6.06. The molecule has 17 heavy (non-hydrogen) atoms. The lowest BCUT2D eigenvalue weighted by atomic mass is 10.1. The van der Waals surface area contributed by atoms with Crippen LogP contribution in [0.25, 0.3) is 0 Å². The number of anilines is 1. The summed E-state index contributed by atoms with van der Waals surface area (Å²) in [5, 5.41) is 0.779. The van der Waals surface area contributed by atoms with Crippen molar-refractivity contribution >= 4 is 17.3 Å². The Morgan fingerprint density at radius 2 is 2.18 bits per heavy atom. The van der Waals surface area contributed by atoms with Crippen molar-refractivity contribution < 1.29 is 4.74 Å². The van der Waals surface area contributed by atoms with Gasteiger partial charge in [0, 0.05) is 25.7 Å². The number of nitrogens with zero attached hydrogens (tertiary/aromatic N) is 1. The van der Waals surface area contributed by atoms with Crippen molar-refractivity contribution in [3.63, 3.8) is 0 Å². The molecule has 0 radical (unpaired) electrons.